The number of para-hydroxylation sites is 1. The Morgan fingerprint density at radius 3 is 2.73 bits per heavy atom. The maximum absolute atomic E-state index is 12.6. The molecule has 4 nitrogen and oxygen atoms in total. The second kappa shape index (κ2) is 7.57. The quantitative estimate of drug-likeness (QED) is 0.602. The summed E-state index contributed by atoms with van der Waals surface area (Å²) in [7, 11) is 1.68. The molecule has 26 heavy (non-hydrogen) atoms. The monoisotopic (exact) mass is 383 g/mol. The number of benzene rings is 1. The van der Waals surface area contributed by atoms with Crippen molar-refractivity contribution in [3.63, 3.8) is 0 Å². The van der Waals surface area contributed by atoms with Crippen LogP contribution < -0.4 is 15.4 Å². The number of thiophene rings is 1. The summed E-state index contributed by atoms with van der Waals surface area (Å²) in [6.07, 6.45) is -3.96. The van der Waals surface area contributed by atoms with Crippen molar-refractivity contribution in [3.8, 4) is 5.75 Å². The first-order chi connectivity index (χ1) is 12.4. The van der Waals surface area contributed by atoms with E-state index in [0.29, 0.717) is 18.1 Å². The summed E-state index contributed by atoms with van der Waals surface area (Å²) in [5.74, 6) is 0.474. The van der Waals surface area contributed by atoms with E-state index >= 15 is 0 Å². The molecule has 0 radical (unpaired) electrons. The van der Waals surface area contributed by atoms with Gasteiger partial charge in [0.15, 0.2) is 5.96 Å². The summed E-state index contributed by atoms with van der Waals surface area (Å²) < 4.78 is 41.9. The van der Waals surface area contributed by atoms with Gasteiger partial charge >= 0.3 is 6.36 Å². The van der Waals surface area contributed by atoms with Crippen LogP contribution in [-0.2, 0) is 6.54 Å². The van der Waals surface area contributed by atoms with Crippen molar-refractivity contribution in [2.24, 2.45) is 4.99 Å². The van der Waals surface area contributed by atoms with Crippen molar-refractivity contribution in [3.05, 3.63) is 51.7 Å². The van der Waals surface area contributed by atoms with Gasteiger partial charge in [-0.05, 0) is 42.0 Å². The summed E-state index contributed by atoms with van der Waals surface area (Å²) in [6, 6.07) is 8.39. The van der Waals surface area contributed by atoms with Gasteiger partial charge in [-0.2, -0.15) is 0 Å². The van der Waals surface area contributed by atoms with Crippen LogP contribution in [0.2, 0.25) is 0 Å². The molecule has 1 heterocycles. The summed E-state index contributed by atoms with van der Waals surface area (Å²) >= 11 is 1.67. The first kappa shape index (κ1) is 18.6. The topological polar surface area (TPSA) is 45.7 Å². The Bertz CT molecular complexity index is 788. The zero-order valence-electron chi connectivity index (χ0n) is 14.4. The number of rotatable bonds is 5. The fourth-order valence-corrected chi connectivity index (χ4v) is 3.67. The van der Waals surface area contributed by atoms with E-state index in [4.69, 9.17) is 0 Å². The van der Waals surface area contributed by atoms with Gasteiger partial charge in [0, 0.05) is 23.9 Å². The highest BCUT2D eigenvalue weighted by Crippen LogP contribution is 2.45. The zero-order chi connectivity index (χ0) is 18.7. The summed E-state index contributed by atoms with van der Waals surface area (Å²) in [5, 5.41) is 8.55. The number of aliphatic imine (C=N–C) groups is 1. The normalized spacial score (nSPS) is 20.0. The molecule has 0 aliphatic heterocycles. The van der Waals surface area contributed by atoms with Crippen molar-refractivity contribution in [1.29, 1.82) is 0 Å². The van der Waals surface area contributed by atoms with Crippen molar-refractivity contribution in [2.75, 3.05) is 7.05 Å². The molecule has 2 aromatic rings. The number of halogens is 3. The number of guanidine groups is 1. The lowest BCUT2D eigenvalue weighted by molar-refractivity contribution is -0.274. The maximum Gasteiger partial charge on any atom is 0.573 e. The molecular weight excluding hydrogens is 363 g/mol. The molecular formula is C18H20F3N3OS. The van der Waals surface area contributed by atoms with Crippen molar-refractivity contribution in [1.82, 2.24) is 10.6 Å². The van der Waals surface area contributed by atoms with Gasteiger partial charge < -0.3 is 15.4 Å². The molecule has 8 heteroatoms. The molecule has 1 aromatic heterocycles. The van der Waals surface area contributed by atoms with Gasteiger partial charge in [-0.1, -0.05) is 18.2 Å². The van der Waals surface area contributed by atoms with Crippen LogP contribution in [0.25, 0.3) is 0 Å². The lowest BCUT2D eigenvalue weighted by atomic mass is 10.1. The number of hydrogen-bond donors (Lipinski definition) is 2. The lowest BCUT2D eigenvalue weighted by Gasteiger charge is -2.14. The molecule has 2 unspecified atom stereocenters. The molecule has 2 atom stereocenters. The Morgan fingerprint density at radius 1 is 1.31 bits per heavy atom. The van der Waals surface area contributed by atoms with Crippen LogP contribution in [0.5, 0.6) is 5.75 Å². The van der Waals surface area contributed by atoms with E-state index < -0.39 is 6.36 Å². The van der Waals surface area contributed by atoms with Crippen LogP contribution >= 0.6 is 11.3 Å². The summed E-state index contributed by atoms with van der Waals surface area (Å²) in [6.45, 7) is 2.71. The largest absolute Gasteiger partial charge is 0.573 e. The van der Waals surface area contributed by atoms with Gasteiger partial charge in [-0.15, -0.1) is 24.5 Å². The van der Waals surface area contributed by atoms with Crippen LogP contribution in [0.3, 0.4) is 0 Å². The Kier molecular flexibility index (Phi) is 5.41. The van der Waals surface area contributed by atoms with E-state index in [-0.39, 0.29) is 17.7 Å². The molecule has 3 rings (SSSR count). The number of ether oxygens (including phenoxy) is 1. The fraction of sp³-hybridized carbons (Fsp3) is 0.389. The molecule has 0 spiro atoms. The standard InChI is InChI=1S/C18H20F3N3OS/c1-11-7-8-26-16(11)10-23-17(22-2)24-14-9-13(14)12-5-3-4-6-15(12)25-18(19,20)21/h3-8,13-14H,9-10H2,1-2H3,(H2,22,23,24). The Hall–Kier alpha value is -2.22. The predicted octanol–water partition coefficient (Wildman–Crippen LogP) is 4.18. The molecule has 1 fully saturated rings. The first-order valence-electron chi connectivity index (χ1n) is 8.22. The van der Waals surface area contributed by atoms with Crippen molar-refractivity contribution in [2.45, 2.75) is 38.2 Å². The molecule has 1 aliphatic rings. The minimum Gasteiger partial charge on any atom is -0.405 e. The number of nitrogens with one attached hydrogen (secondary N) is 2. The molecule has 1 saturated carbocycles. The smallest absolute Gasteiger partial charge is 0.405 e. The third-order valence-electron chi connectivity index (χ3n) is 4.26. The van der Waals surface area contributed by atoms with Crippen molar-refractivity contribution >= 4 is 17.3 Å². The Labute approximate surface area is 154 Å². The summed E-state index contributed by atoms with van der Waals surface area (Å²) in [4.78, 5) is 5.42. The van der Waals surface area contributed by atoms with Crippen LogP contribution in [0.4, 0.5) is 13.2 Å². The Balaban J connectivity index is 1.59. The molecule has 0 bridgehead atoms. The third kappa shape index (κ3) is 4.69. The molecule has 140 valence electrons. The van der Waals surface area contributed by atoms with E-state index in [1.54, 1.807) is 36.6 Å². The number of alkyl halides is 3. The highest BCUT2D eigenvalue weighted by Gasteiger charge is 2.42. The van der Waals surface area contributed by atoms with E-state index in [0.717, 1.165) is 6.42 Å². The van der Waals surface area contributed by atoms with E-state index in [2.05, 4.69) is 33.4 Å². The van der Waals surface area contributed by atoms with E-state index in [9.17, 15) is 13.2 Å². The highest BCUT2D eigenvalue weighted by molar-refractivity contribution is 7.10. The van der Waals surface area contributed by atoms with E-state index in [1.165, 1.54) is 16.5 Å². The fourth-order valence-electron chi connectivity index (χ4n) is 2.82. The van der Waals surface area contributed by atoms with Gasteiger partial charge in [0.05, 0.1) is 6.54 Å². The molecule has 0 saturated heterocycles. The zero-order valence-corrected chi connectivity index (χ0v) is 15.2. The van der Waals surface area contributed by atoms with Crippen LogP contribution in [0.1, 0.15) is 28.3 Å². The van der Waals surface area contributed by atoms with Crippen molar-refractivity contribution < 1.29 is 17.9 Å². The van der Waals surface area contributed by atoms with Crippen LogP contribution in [-0.4, -0.2) is 25.4 Å². The van der Waals surface area contributed by atoms with Gasteiger partial charge in [-0.25, -0.2) is 0 Å². The number of hydrogen-bond acceptors (Lipinski definition) is 3. The van der Waals surface area contributed by atoms with Gasteiger partial charge in [0.25, 0.3) is 0 Å². The SMILES string of the molecule is CN=C(NCc1sccc1C)NC1CC1c1ccccc1OC(F)(F)F. The minimum absolute atomic E-state index is 0.0311. The van der Waals surface area contributed by atoms with Crippen LogP contribution in [0.15, 0.2) is 40.7 Å². The number of aryl methyl sites for hydroxylation is 1. The molecule has 0 amide bonds. The maximum atomic E-state index is 12.6. The van der Waals surface area contributed by atoms with Crippen LogP contribution in [0, 0.1) is 6.92 Å². The highest BCUT2D eigenvalue weighted by atomic mass is 32.1. The van der Waals surface area contributed by atoms with Gasteiger partial charge in [-0.3, -0.25) is 4.99 Å². The minimum atomic E-state index is -4.69. The second-order valence-corrected chi connectivity index (χ2v) is 7.13. The second-order valence-electron chi connectivity index (χ2n) is 6.13. The Morgan fingerprint density at radius 2 is 2.08 bits per heavy atom. The average molecular weight is 383 g/mol. The van der Waals surface area contributed by atoms with Gasteiger partial charge in [0.2, 0.25) is 0 Å². The lowest BCUT2D eigenvalue weighted by Crippen LogP contribution is -2.38. The average Bonchev–Trinajstić information content (AvgIpc) is 3.22. The molecule has 1 aliphatic carbocycles. The van der Waals surface area contributed by atoms with E-state index in [1.807, 2.05) is 5.38 Å². The first-order valence-corrected chi connectivity index (χ1v) is 9.10. The molecule has 2 N–H and O–H groups in total. The molecule has 1 aromatic carbocycles. The predicted molar refractivity (Wildman–Crippen MR) is 96.7 cm³/mol. The third-order valence-corrected chi connectivity index (χ3v) is 5.29. The number of nitrogens with zero attached hydrogens (tertiary/aromatic N) is 1. The summed E-state index contributed by atoms with van der Waals surface area (Å²) in [5.41, 5.74) is 1.78. The van der Waals surface area contributed by atoms with Gasteiger partial charge in [0.1, 0.15) is 5.75 Å².